The molecular weight excluding hydrogens is 128 g/mol. The molecule has 10 heavy (non-hydrogen) atoms. The topological polar surface area (TPSA) is 72.3 Å². The van der Waals surface area contributed by atoms with Crippen molar-refractivity contribution in [2.75, 3.05) is 0 Å². The summed E-state index contributed by atoms with van der Waals surface area (Å²) in [5.41, 5.74) is 9.74. The second-order valence-electron chi connectivity index (χ2n) is 2.88. The van der Waals surface area contributed by atoms with Crippen LogP contribution in [0.2, 0.25) is 0 Å². The van der Waals surface area contributed by atoms with Crippen molar-refractivity contribution in [1.29, 1.82) is 0 Å². The first-order valence-corrected chi connectivity index (χ1v) is 3.77. The van der Waals surface area contributed by atoms with Crippen molar-refractivity contribution < 1.29 is 5.11 Å². The van der Waals surface area contributed by atoms with Crippen LogP contribution >= 0.6 is 0 Å². The minimum atomic E-state index is -1.17. The van der Waals surface area contributed by atoms with Gasteiger partial charge in [0.05, 0.1) is 0 Å². The molecule has 0 aromatic carbocycles. The van der Waals surface area contributed by atoms with E-state index >= 15 is 0 Å². The van der Waals surface area contributed by atoms with Gasteiger partial charge in [-0.2, -0.15) is 0 Å². The largest absolute Gasteiger partial charge is 0.374 e. The zero-order valence-corrected chi connectivity index (χ0v) is 6.80. The van der Waals surface area contributed by atoms with Crippen LogP contribution in [0, 0.1) is 0 Å². The first-order chi connectivity index (χ1) is 4.50. The normalized spacial score (nSPS) is 20.1. The highest BCUT2D eigenvalue weighted by Gasteiger charge is 2.24. The van der Waals surface area contributed by atoms with E-state index < -0.39 is 5.72 Å². The molecule has 0 aliphatic heterocycles. The van der Waals surface area contributed by atoms with E-state index in [4.69, 9.17) is 11.5 Å². The van der Waals surface area contributed by atoms with Crippen molar-refractivity contribution in [3.8, 4) is 0 Å². The minimum absolute atomic E-state index is 0.348. The van der Waals surface area contributed by atoms with Crippen molar-refractivity contribution in [3.63, 3.8) is 0 Å². The third-order valence-corrected chi connectivity index (χ3v) is 1.72. The molecule has 2 atom stereocenters. The molecule has 62 valence electrons. The van der Waals surface area contributed by atoms with E-state index in [-0.39, 0.29) is 6.04 Å². The number of nitrogens with two attached hydrogens (primary N) is 2. The average molecular weight is 146 g/mol. The first kappa shape index (κ1) is 9.88. The maximum Gasteiger partial charge on any atom is 0.128 e. The molecule has 0 aromatic heterocycles. The smallest absolute Gasteiger partial charge is 0.128 e. The standard InChI is InChI=1S/C7H18N2O/c1-3-4-5-7(9,10)6(2)8/h6,10H,3-5,8-9H2,1-2H3. The van der Waals surface area contributed by atoms with Crippen LogP contribution in [-0.4, -0.2) is 16.9 Å². The summed E-state index contributed by atoms with van der Waals surface area (Å²) in [4.78, 5) is 0. The lowest BCUT2D eigenvalue weighted by Gasteiger charge is -2.26. The van der Waals surface area contributed by atoms with E-state index in [1.807, 2.05) is 0 Å². The zero-order valence-electron chi connectivity index (χ0n) is 6.80. The molecule has 0 aliphatic rings. The summed E-state index contributed by atoms with van der Waals surface area (Å²) in [6, 6.07) is -0.348. The Hall–Kier alpha value is -0.120. The van der Waals surface area contributed by atoms with Crippen molar-refractivity contribution in [1.82, 2.24) is 0 Å². The molecule has 3 nitrogen and oxygen atoms in total. The van der Waals surface area contributed by atoms with Gasteiger partial charge in [-0.3, -0.25) is 0 Å². The van der Waals surface area contributed by atoms with Crippen LogP contribution in [0.25, 0.3) is 0 Å². The Bertz CT molecular complexity index is 91.6. The van der Waals surface area contributed by atoms with E-state index in [0.717, 1.165) is 12.8 Å². The van der Waals surface area contributed by atoms with Gasteiger partial charge in [0.15, 0.2) is 0 Å². The Morgan fingerprint density at radius 2 is 2.10 bits per heavy atom. The third-order valence-electron chi connectivity index (χ3n) is 1.72. The van der Waals surface area contributed by atoms with Gasteiger partial charge in [-0.1, -0.05) is 13.3 Å². The summed E-state index contributed by atoms with van der Waals surface area (Å²) in [5.74, 6) is 0. The van der Waals surface area contributed by atoms with Gasteiger partial charge >= 0.3 is 0 Å². The summed E-state index contributed by atoms with van der Waals surface area (Å²) in [7, 11) is 0. The number of hydrogen-bond donors (Lipinski definition) is 3. The summed E-state index contributed by atoms with van der Waals surface area (Å²) >= 11 is 0. The SMILES string of the molecule is CCCCC(N)(O)C(C)N. The van der Waals surface area contributed by atoms with Gasteiger partial charge < -0.3 is 16.6 Å². The Balaban J connectivity index is 3.63. The molecule has 5 N–H and O–H groups in total. The van der Waals surface area contributed by atoms with Crippen LogP contribution in [0.4, 0.5) is 0 Å². The fraction of sp³-hybridized carbons (Fsp3) is 1.00. The quantitative estimate of drug-likeness (QED) is 0.495. The monoisotopic (exact) mass is 146 g/mol. The lowest BCUT2D eigenvalue weighted by atomic mass is 10.0. The van der Waals surface area contributed by atoms with Crippen LogP contribution in [0.3, 0.4) is 0 Å². The second-order valence-corrected chi connectivity index (χ2v) is 2.88. The first-order valence-electron chi connectivity index (χ1n) is 3.77. The molecule has 0 bridgehead atoms. The van der Waals surface area contributed by atoms with Crippen LogP contribution < -0.4 is 11.5 Å². The molecule has 0 aromatic rings. The van der Waals surface area contributed by atoms with Crippen LogP contribution in [-0.2, 0) is 0 Å². The number of hydrogen-bond acceptors (Lipinski definition) is 3. The summed E-state index contributed by atoms with van der Waals surface area (Å²) < 4.78 is 0. The molecule has 0 amide bonds. The highest BCUT2D eigenvalue weighted by atomic mass is 16.3. The number of aliphatic hydroxyl groups is 1. The summed E-state index contributed by atoms with van der Waals surface area (Å²) in [6.45, 7) is 3.77. The molecule has 0 heterocycles. The molecule has 0 rings (SSSR count). The molecule has 0 saturated heterocycles. The predicted octanol–water partition coefficient (Wildman–Crippen LogP) is 0.171. The van der Waals surface area contributed by atoms with Gasteiger partial charge in [0, 0.05) is 6.04 Å². The van der Waals surface area contributed by atoms with Crippen LogP contribution in [0.1, 0.15) is 33.1 Å². The number of rotatable bonds is 4. The predicted molar refractivity (Wildman–Crippen MR) is 42.3 cm³/mol. The molecule has 0 fully saturated rings. The maximum absolute atomic E-state index is 9.38. The molecule has 3 heteroatoms. The third kappa shape index (κ3) is 3.15. The average Bonchev–Trinajstić information content (AvgIpc) is 1.84. The van der Waals surface area contributed by atoms with Gasteiger partial charge in [0.2, 0.25) is 0 Å². The van der Waals surface area contributed by atoms with Crippen LogP contribution in [0.15, 0.2) is 0 Å². The Labute approximate surface area is 62.4 Å². The van der Waals surface area contributed by atoms with Gasteiger partial charge in [0.25, 0.3) is 0 Å². The molecule has 0 radical (unpaired) electrons. The van der Waals surface area contributed by atoms with Crippen molar-refractivity contribution in [3.05, 3.63) is 0 Å². The lowest BCUT2D eigenvalue weighted by Crippen LogP contribution is -2.53. The van der Waals surface area contributed by atoms with Crippen molar-refractivity contribution in [2.24, 2.45) is 11.5 Å². The van der Waals surface area contributed by atoms with E-state index in [1.54, 1.807) is 6.92 Å². The van der Waals surface area contributed by atoms with E-state index in [1.165, 1.54) is 0 Å². The lowest BCUT2D eigenvalue weighted by molar-refractivity contribution is 0.0153. The molecule has 0 spiro atoms. The second kappa shape index (κ2) is 3.91. The fourth-order valence-corrected chi connectivity index (χ4v) is 0.688. The fourth-order valence-electron chi connectivity index (χ4n) is 0.688. The van der Waals surface area contributed by atoms with Crippen LogP contribution in [0.5, 0.6) is 0 Å². The van der Waals surface area contributed by atoms with Gasteiger partial charge in [-0.05, 0) is 19.8 Å². The summed E-state index contributed by atoms with van der Waals surface area (Å²) in [5, 5.41) is 9.38. The van der Waals surface area contributed by atoms with Gasteiger partial charge in [0.1, 0.15) is 5.72 Å². The van der Waals surface area contributed by atoms with Crippen molar-refractivity contribution in [2.45, 2.75) is 44.9 Å². The Morgan fingerprint density at radius 1 is 1.60 bits per heavy atom. The Kier molecular flexibility index (Phi) is 3.86. The Morgan fingerprint density at radius 3 is 2.40 bits per heavy atom. The van der Waals surface area contributed by atoms with E-state index in [9.17, 15) is 5.11 Å². The highest BCUT2D eigenvalue weighted by Crippen LogP contribution is 2.10. The highest BCUT2D eigenvalue weighted by molar-refractivity contribution is 4.79. The summed E-state index contributed by atoms with van der Waals surface area (Å²) in [6.07, 6.45) is 2.54. The zero-order chi connectivity index (χ0) is 8.20. The number of unbranched alkanes of at least 4 members (excludes halogenated alkanes) is 1. The van der Waals surface area contributed by atoms with E-state index in [2.05, 4.69) is 6.92 Å². The van der Waals surface area contributed by atoms with E-state index in [0.29, 0.717) is 6.42 Å². The molecule has 0 aliphatic carbocycles. The molecule has 2 unspecified atom stereocenters. The van der Waals surface area contributed by atoms with Gasteiger partial charge in [-0.25, -0.2) is 0 Å². The maximum atomic E-state index is 9.38. The molecular formula is C7H18N2O. The minimum Gasteiger partial charge on any atom is -0.374 e. The van der Waals surface area contributed by atoms with Gasteiger partial charge in [-0.15, -0.1) is 0 Å². The van der Waals surface area contributed by atoms with Crippen molar-refractivity contribution >= 4 is 0 Å². The molecule has 0 saturated carbocycles.